The number of nitrogens with one attached hydrogen (secondary N) is 1. The molecule has 0 aliphatic heterocycles. The molecule has 7 heteroatoms. The van der Waals surface area contributed by atoms with Crippen molar-refractivity contribution in [2.24, 2.45) is 0 Å². The quantitative estimate of drug-likeness (QED) is 0.867. The van der Waals surface area contributed by atoms with Crippen molar-refractivity contribution in [2.75, 3.05) is 5.32 Å². The van der Waals surface area contributed by atoms with Crippen LogP contribution in [0.15, 0.2) is 18.3 Å². The van der Waals surface area contributed by atoms with Gasteiger partial charge in [0.2, 0.25) is 0 Å². The van der Waals surface area contributed by atoms with Gasteiger partial charge in [-0.1, -0.05) is 13.3 Å². The predicted octanol–water partition coefficient (Wildman–Crippen LogP) is 3.16. The van der Waals surface area contributed by atoms with Gasteiger partial charge >= 0.3 is 12.1 Å². The van der Waals surface area contributed by atoms with Crippen LogP contribution in [0.5, 0.6) is 0 Å². The Balaban J connectivity index is 3.01. The van der Waals surface area contributed by atoms with E-state index in [1.165, 1.54) is 6.92 Å². The topological polar surface area (TPSA) is 62.2 Å². The maximum atomic E-state index is 12.5. The second kappa shape index (κ2) is 5.46. The van der Waals surface area contributed by atoms with Gasteiger partial charge in [0.05, 0.1) is 5.56 Å². The molecule has 1 aromatic rings. The summed E-state index contributed by atoms with van der Waals surface area (Å²) in [6.07, 6.45) is -2.63. The summed E-state index contributed by atoms with van der Waals surface area (Å²) in [5.41, 5.74) is -2.21. The molecule has 2 N–H and O–H groups in total. The Bertz CT molecular complexity index is 463. The molecule has 0 aromatic carbocycles. The monoisotopic (exact) mass is 276 g/mol. The van der Waals surface area contributed by atoms with E-state index in [2.05, 4.69) is 10.3 Å². The number of halogens is 3. The third-order valence-electron chi connectivity index (χ3n) is 2.71. The molecule has 0 saturated carbocycles. The zero-order chi connectivity index (χ0) is 14.7. The average Bonchev–Trinajstić information content (AvgIpc) is 2.28. The summed E-state index contributed by atoms with van der Waals surface area (Å²) in [5.74, 6) is -1.23. The Kier molecular flexibility index (Phi) is 4.39. The van der Waals surface area contributed by atoms with Gasteiger partial charge in [0.1, 0.15) is 11.4 Å². The van der Waals surface area contributed by atoms with Crippen LogP contribution in [0, 0.1) is 0 Å². The highest BCUT2D eigenvalue weighted by molar-refractivity contribution is 5.81. The van der Waals surface area contributed by atoms with Crippen molar-refractivity contribution in [1.29, 1.82) is 0 Å². The molecule has 0 amide bonds. The van der Waals surface area contributed by atoms with Crippen LogP contribution in [0.3, 0.4) is 0 Å². The number of aliphatic carboxylic acids is 1. The van der Waals surface area contributed by atoms with Crippen molar-refractivity contribution in [2.45, 2.75) is 38.4 Å². The molecule has 0 aliphatic rings. The first-order valence-corrected chi connectivity index (χ1v) is 5.74. The van der Waals surface area contributed by atoms with Crippen molar-refractivity contribution >= 4 is 11.8 Å². The molecular weight excluding hydrogens is 261 g/mol. The summed E-state index contributed by atoms with van der Waals surface area (Å²) in [6.45, 7) is 3.21. The van der Waals surface area contributed by atoms with Gasteiger partial charge in [-0.3, -0.25) is 0 Å². The van der Waals surface area contributed by atoms with E-state index < -0.39 is 23.2 Å². The van der Waals surface area contributed by atoms with E-state index >= 15 is 0 Å². The van der Waals surface area contributed by atoms with Crippen LogP contribution in [-0.2, 0) is 11.0 Å². The number of carboxylic acids is 1. The minimum Gasteiger partial charge on any atom is -0.480 e. The Morgan fingerprint density at radius 2 is 2.11 bits per heavy atom. The summed E-state index contributed by atoms with van der Waals surface area (Å²) >= 11 is 0. The summed E-state index contributed by atoms with van der Waals surface area (Å²) in [7, 11) is 0. The van der Waals surface area contributed by atoms with Gasteiger partial charge in [-0.2, -0.15) is 13.2 Å². The lowest BCUT2D eigenvalue weighted by Gasteiger charge is -2.26. The summed E-state index contributed by atoms with van der Waals surface area (Å²) < 4.78 is 37.6. The molecular formula is C12H15F3N2O2. The number of alkyl halides is 3. The SMILES string of the molecule is CCCC(C)(Nc1cc(C(F)(F)F)ccn1)C(=O)O. The third kappa shape index (κ3) is 3.84. The van der Waals surface area contributed by atoms with Crippen LogP contribution in [0.25, 0.3) is 0 Å². The van der Waals surface area contributed by atoms with Gasteiger partial charge in [0.15, 0.2) is 0 Å². The maximum Gasteiger partial charge on any atom is 0.416 e. The lowest BCUT2D eigenvalue weighted by Crippen LogP contribution is -2.43. The summed E-state index contributed by atoms with van der Waals surface area (Å²) in [6, 6.07) is 1.64. The number of pyridine rings is 1. The molecule has 0 aliphatic carbocycles. The number of rotatable bonds is 5. The second-order valence-electron chi connectivity index (χ2n) is 4.44. The first-order valence-electron chi connectivity index (χ1n) is 5.74. The minimum atomic E-state index is -4.48. The van der Waals surface area contributed by atoms with Crippen molar-refractivity contribution in [3.05, 3.63) is 23.9 Å². The number of anilines is 1. The molecule has 0 saturated heterocycles. The first-order chi connectivity index (χ1) is 8.69. The van der Waals surface area contributed by atoms with Crippen LogP contribution in [-0.4, -0.2) is 21.6 Å². The highest BCUT2D eigenvalue weighted by atomic mass is 19.4. The molecule has 4 nitrogen and oxygen atoms in total. The maximum absolute atomic E-state index is 12.5. The molecule has 0 radical (unpaired) electrons. The lowest BCUT2D eigenvalue weighted by molar-refractivity contribution is -0.142. The van der Waals surface area contributed by atoms with E-state index in [0.29, 0.717) is 6.42 Å². The largest absolute Gasteiger partial charge is 0.480 e. The Hall–Kier alpha value is -1.79. The number of carboxylic acid groups (broad SMARTS) is 1. The molecule has 1 rings (SSSR count). The van der Waals surface area contributed by atoms with Crippen molar-refractivity contribution in [3.8, 4) is 0 Å². The molecule has 1 aromatic heterocycles. The fourth-order valence-electron chi connectivity index (χ4n) is 1.68. The predicted molar refractivity (Wildman–Crippen MR) is 63.8 cm³/mol. The van der Waals surface area contributed by atoms with Gasteiger partial charge in [-0.25, -0.2) is 9.78 Å². The molecule has 106 valence electrons. The van der Waals surface area contributed by atoms with Gasteiger partial charge in [-0.05, 0) is 25.5 Å². The normalized spacial score (nSPS) is 14.8. The number of hydrogen-bond donors (Lipinski definition) is 2. The average molecular weight is 276 g/mol. The van der Waals surface area contributed by atoms with E-state index in [9.17, 15) is 18.0 Å². The summed E-state index contributed by atoms with van der Waals surface area (Å²) in [4.78, 5) is 14.9. The van der Waals surface area contributed by atoms with E-state index in [1.807, 2.05) is 0 Å². The van der Waals surface area contributed by atoms with E-state index in [-0.39, 0.29) is 12.2 Å². The number of hydrogen-bond acceptors (Lipinski definition) is 3. The first kappa shape index (κ1) is 15.3. The molecule has 0 spiro atoms. The van der Waals surface area contributed by atoms with Gasteiger partial charge in [0, 0.05) is 6.20 Å². The number of nitrogens with zero attached hydrogens (tertiary/aromatic N) is 1. The van der Waals surface area contributed by atoms with Gasteiger partial charge < -0.3 is 10.4 Å². The zero-order valence-electron chi connectivity index (χ0n) is 10.6. The Morgan fingerprint density at radius 3 is 2.58 bits per heavy atom. The van der Waals surface area contributed by atoms with Crippen LogP contribution < -0.4 is 5.32 Å². The highest BCUT2D eigenvalue weighted by Crippen LogP contribution is 2.30. The number of carbonyl (C=O) groups is 1. The van der Waals surface area contributed by atoms with Gasteiger partial charge in [-0.15, -0.1) is 0 Å². The van der Waals surface area contributed by atoms with Crippen LogP contribution in [0.2, 0.25) is 0 Å². The minimum absolute atomic E-state index is 0.104. The fraction of sp³-hybridized carbons (Fsp3) is 0.500. The summed E-state index contributed by atoms with van der Waals surface area (Å²) in [5, 5.41) is 11.7. The molecule has 1 unspecified atom stereocenters. The second-order valence-corrected chi connectivity index (χ2v) is 4.44. The molecule has 19 heavy (non-hydrogen) atoms. The Labute approximate surface area is 108 Å². The van der Waals surface area contributed by atoms with Crippen molar-refractivity contribution < 1.29 is 23.1 Å². The third-order valence-corrected chi connectivity index (χ3v) is 2.71. The van der Waals surface area contributed by atoms with Crippen molar-refractivity contribution in [3.63, 3.8) is 0 Å². The van der Waals surface area contributed by atoms with Crippen LogP contribution >= 0.6 is 0 Å². The van der Waals surface area contributed by atoms with Crippen molar-refractivity contribution in [1.82, 2.24) is 4.98 Å². The standard InChI is InChI=1S/C12H15F3N2O2/c1-3-5-11(2,10(18)19)17-9-7-8(4-6-16-9)12(13,14)15/h4,6-7H,3,5H2,1-2H3,(H,16,17)(H,18,19). The van der Waals surface area contributed by atoms with Crippen LogP contribution in [0.1, 0.15) is 32.3 Å². The van der Waals surface area contributed by atoms with Crippen LogP contribution in [0.4, 0.5) is 19.0 Å². The van der Waals surface area contributed by atoms with E-state index in [1.54, 1.807) is 6.92 Å². The van der Waals surface area contributed by atoms with E-state index in [0.717, 1.165) is 18.3 Å². The highest BCUT2D eigenvalue weighted by Gasteiger charge is 2.34. The molecule has 0 fully saturated rings. The molecule has 1 heterocycles. The number of aromatic nitrogens is 1. The zero-order valence-corrected chi connectivity index (χ0v) is 10.6. The van der Waals surface area contributed by atoms with Gasteiger partial charge in [0.25, 0.3) is 0 Å². The molecule has 1 atom stereocenters. The molecule has 0 bridgehead atoms. The lowest BCUT2D eigenvalue weighted by atomic mass is 9.96. The fourth-order valence-corrected chi connectivity index (χ4v) is 1.68. The van der Waals surface area contributed by atoms with E-state index in [4.69, 9.17) is 5.11 Å². The Morgan fingerprint density at radius 1 is 1.47 bits per heavy atom. The smallest absolute Gasteiger partial charge is 0.416 e.